The molecular weight excluding hydrogens is 230 g/mol. The standard InChI is InChI=1S/C18H23N/c1-2-13-19-18-12-6-11-17(18)16-10-5-8-14-7-3-4-9-15(14)16/h3-5,7-10,17-19H,2,6,11-13H2,1H3. The highest BCUT2D eigenvalue weighted by molar-refractivity contribution is 5.86. The van der Waals surface area contributed by atoms with E-state index in [2.05, 4.69) is 54.7 Å². The van der Waals surface area contributed by atoms with Gasteiger partial charge in [-0.15, -0.1) is 0 Å². The van der Waals surface area contributed by atoms with Gasteiger partial charge in [0.1, 0.15) is 0 Å². The molecule has 19 heavy (non-hydrogen) atoms. The van der Waals surface area contributed by atoms with E-state index in [0.717, 1.165) is 6.54 Å². The minimum absolute atomic E-state index is 0.672. The van der Waals surface area contributed by atoms with Crippen molar-refractivity contribution >= 4 is 10.8 Å². The fourth-order valence-corrected chi connectivity index (χ4v) is 3.48. The molecule has 0 aliphatic heterocycles. The summed E-state index contributed by atoms with van der Waals surface area (Å²) in [5.74, 6) is 0.692. The van der Waals surface area contributed by atoms with Crippen molar-refractivity contribution in [1.29, 1.82) is 0 Å². The maximum atomic E-state index is 3.74. The SMILES string of the molecule is CCCNC1CCCC1c1cccc2ccccc12. The zero-order valence-electron chi connectivity index (χ0n) is 11.7. The van der Waals surface area contributed by atoms with Crippen LogP contribution in [-0.4, -0.2) is 12.6 Å². The Bertz CT molecular complexity index is 541. The third kappa shape index (κ3) is 2.52. The van der Waals surface area contributed by atoms with Gasteiger partial charge in [0.05, 0.1) is 0 Å². The third-order valence-electron chi connectivity index (χ3n) is 4.40. The lowest BCUT2D eigenvalue weighted by Crippen LogP contribution is -2.31. The molecule has 1 saturated carbocycles. The van der Waals surface area contributed by atoms with Gasteiger partial charge in [0.2, 0.25) is 0 Å². The second-order valence-corrected chi connectivity index (χ2v) is 5.67. The monoisotopic (exact) mass is 253 g/mol. The highest BCUT2D eigenvalue weighted by Gasteiger charge is 2.28. The number of fused-ring (bicyclic) bond motifs is 1. The molecule has 0 heterocycles. The molecule has 0 spiro atoms. The molecule has 1 N–H and O–H groups in total. The largest absolute Gasteiger partial charge is 0.313 e. The van der Waals surface area contributed by atoms with E-state index in [1.54, 1.807) is 5.56 Å². The normalized spacial score (nSPS) is 23.0. The van der Waals surface area contributed by atoms with Gasteiger partial charge in [0, 0.05) is 6.04 Å². The number of hydrogen-bond donors (Lipinski definition) is 1. The molecule has 1 heteroatoms. The Labute approximate surface area is 116 Å². The summed E-state index contributed by atoms with van der Waals surface area (Å²) in [6.07, 6.45) is 5.23. The fourth-order valence-electron chi connectivity index (χ4n) is 3.48. The Hall–Kier alpha value is -1.34. The lowest BCUT2D eigenvalue weighted by Gasteiger charge is -2.22. The molecule has 1 fully saturated rings. The van der Waals surface area contributed by atoms with Gasteiger partial charge in [0.25, 0.3) is 0 Å². The van der Waals surface area contributed by atoms with Crippen molar-refractivity contribution < 1.29 is 0 Å². The van der Waals surface area contributed by atoms with E-state index in [4.69, 9.17) is 0 Å². The average molecular weight is 253 g/mol. The zero-order valence-corrected chi connectivity index (χ0v) is 11.7. The first kappa shape index (κ1) is 12.7. The molecule has 0 radical (unpaired) electrons. The summed E-state index contributed by atoms with van der Waals surface area (Å²) < 4.78 is 0. The molecule has 2 unspecified atom stereocenters. The van der Waals surface area contributed by atoms with Crippen LogP contribution in [-0.2, 0) is 0 Å². The zero-order chi connectivity index (χ0) is 13.1. The Morgan fingerprint density at radius 2 is 1.89 bits per heavy atom. The molecule has 2 aromatic rings. The van der Waals surface area contributed by atoms with E-state index < -0.39 is 0 Å². The molecule has 2 atom stereocenters. The number of nitrogens with one attached hydrogen (secondary N) is 1. The minimum Gasteiger partial charge on any atom is -0.313 e. The van der Waals surface area contributed by atoms with Gasteiger partial charge in [-0.3, -0.25) is 0 Å². The second kappa shape index (κ2) is 5.75. The van der Waals surface area contributed by atoms with Crippen LogP contribution >= 0.6 is 0 Å². The van der Waals surface area contributed by atoms with Gasteiger partial charge in [-0.1, -0.05) is 55.8 Å². The molecule has 0 amide bonds. The van der Waals surface area contributed by atoms with Crippen LogP contribution < -0.4 is 5.32 Å². The van der Waals surface area contributed by atoms with Gasteiger partial charge in [-0.2, -0.15) is 0 Å². The Morgan fingerprint density at radius 1 is 1.05 bits per heavy atom. The highest BCUT2D eigenvalue weighted by atomic mass is 14.9. The number of rotatable bonds is 4. The molecule has 100 valence electrons. The predicted molar refractivity (Wildman–Crippen MR) is 82.6 cm³/mol. The van der Waals surface area contributed by atoms with Crippen LogP contribution in [0.1, 0.15) is 44.1 Å². The third-order valence-corrected chi connectivity index (χ3v) is 4.40. The van der Waals surface area contributed by atoms with Crippen LogP contribution in [0, 0.1) is 0 Å². The quantitative estimate of drug-likeness (QED) is 0.847. The van der Waals surface area contributed by atoms with E-state index in [0.29, 0.717) is 12.0 Å². The van der Waals surface area contributed by atoms with E-state index in [-0.39, 0.29) is 0 Å². The predicted octanol–water partition coefficient (Wildman–Crippen LogP) is 4.48. The molecule has 1 aliphatic rings. The van der Waals surface area contributed by atoms with E-state index >= 15 is 0 Å². The van der Waals surface area contributed by atoms with Crippen LogP contribution in [0.3, 0.4) is 0 Å². The molecular formula is C18H23N. The van der Waals surface area contributed by atoms with Crippen LogP contribution in [0.25, 0.3) is 10.8 Å². The van der Waals surface area contributed by atoms with Crippen molar-refractivity contribution in [3.8, 4) is 0 Å². The summed E-state index contributed by atoms with van der Waals surface area (Å²) >= 11 is 0. The molecule has 1 aliphatic carbocycles. The van der Waals surface area contributed by atoms with Crippen molar-refractivity contribution in [2.24, 2.45) is 0 Å². The molecule has 1 nitrogen and oxygen atoms in total. The molecule has 2 aromatic carbocycles. The molecule has 0 bridgehead atoms. The number of benzene rings is 2. The fraction of sp³-hybridized carbons (Fsp3) is 0.444. The van der Waals surface area contributed by atoms with E-state index in [9.17, 15) is 0 Å². The van der Waals surface area contributed by atoms with Gasteiger partial charge in [0.15, 0.2) is 0 Å². The van der Waals surface area contributed by atoms with Gasteiger partial charge < -0.3 is 5.32 Å². The van der Waals surface area contributed by atoms with Crippen molar-refractivity contribution in [1.82, 2.24) is 5.32 Å². The first-order chi connectivity index (χ1) is 9.40. The Balaban J connectivity index is 1.94. The molecule has 0 saturated heterocycles. The summed E-state index contributed by atoms with van der Waals surface area (Å²) in [6.45, 7) is 3.39. The summed E-state index contributed by atoms with van der Waals surface area (Å²) in [6, 6.07) is 16.2. The van der Waals surface area contributed by atoms with Crippen molar-refractivity contribution in [3.63, 3.8) is 0 Å². The summed E-state index contributed by atoms with van der Waals surface area (Å²) in [4.78, 5) is 0. The maximum absolute atomic E-state index is 3.74. The number of hydrogen-bond acceptors (Lipinski definition) is 1. The first-order valence-electron chi connectivity index (χ1n) is 7.61. The van der Waals surface area contributed by atoms with Crippen molar-refractivity contribution in [3.05, 3.63) is 48.0 Å². The second-order valence-electron chi connectivity index (χ2n) is 5.67. The van der Waals surface area contributed by atoms with E-state index in [1.807, 2.05) is 0 Å². The van der Waals surface area contributed by atoms with Gasteiger partial charge in [-0.25, -0.2) is 0 Å². The summed E-state index contributed by atoms with van der Waals surface area (Å²) in [5, 5.41) is 6.57. The molecule has 0 aromatic heterocycles. The van der Waals surface area contributed by atoms with E-state index in [1.165, 1.54) is 36.5 Å². The van der Waals surface area contributed by atoms with Gasteiger partial charge >= 0.3 is 0 Å². The minimum atomic E-state index is 0.672. The lowest BCUT2D eigenvalue weighted by molar-refractivity contribution is 0.480. The van der Waals surface area contributed by atoms with Crippen molar-refractivity contribution in [2.75, 3.05) is 6.54 Å². The maximum Gasteiger partial charge on any atom is 0.0136 e. The van der Waals surface area contributed by atoms with Crippen LogP contribution in [0.4, 0.5) is 0 Å². The average Bonchev–Trinajstić information content (AvgIpc) is 2.92. The Morgan fingerprint density at radius 3 is 2.79 bits per heavy atom. The van der Waals surface area contributed by atoms with Gasteiger partial charge in [-0.05, 0) is 48.1 Å². The van der Waals surface area contributed by atoms with Crippen LogP contribution in [0.2, 0.25) is 0 Å². The van der Waals surface area contributed by atoms with Crippen LogP contribution in [0.5, 0.6) is 0 Å². The molecule has 3 rings (SSSR count). The smallest absolute Gasteiger partial charge is 0.0136 e. The lowest BCUT2D eigenvalue weighted by atomic mass is 9.89. The van der Waals surface area contributed by atoms with Crippen LogP contribution in [0.15, 0.2) is 42.5 Å². The first-order valence-corrected chi connectivity index (χ1v) is 7.61. The highest BCUT2D eigenvalue weighted by Crippen LogP contribution is 2.37. The topological polar surface area (TPSA) is 12.0 Å². The van der Waals surface area contributed by atoms with Crippen molar-refractivity contribution in [2.45, 2.75) is 44.6 Å². The summed E-state index contributed by atoms with van der Waals surface area (Å²) in [5.41, 5.74) is 1.55. The summed E-state index contributed by atoms with van der Waals surface area (Å²) in [7, 11) is 0. The Kier molecular flexibility index (Phi) is 3.84.